The van der Waals surface area contributed by atoms with Gasteiger partial charge in [0.2, 0.25) is 0 Å². The average Bonchev–Trinajstić information content (AvgIpc) is 1.78. The van der Waals surface area contributed by atoms with Crippen LogP contribution < -0.4 is 0 Å². The maximum atomic E-state index is 11.6. The van der Waals surface area contributed by atoms with Gasteiger partial charge in [-0.2, -0.15) is 0 Å². The summed E-state index contributed by atoms with van der Waals surface area (Å²) in [6.07, 6.45) is 1.04. The Morgan fingerprint density at radius 2 is 1.42 bits per heavy atom. The highest BCUT2D eigenvalue weighted by Gasteiger charge is 2.21. The fourth-order valence-electron chi connectivity index (χ4n) is 0.705. The van der Waals surface area contributed by atoms with Crippen LogP contribution in [0.2, 0.25) is 0 Å². The Hall–Kier alpha value is 0.150. The molecule has 0 saturated carbocycles. The molecule has 0 fully saturated rings. The average molecular weight is 190 g/mol. The zero-order valence-electron chi connectivity index (χ0n) is 9.23. The second-order valence-electron chi connectivity index (χ2n) is 5.47. The van der Waals surface area contributed by atoms with Crippen LogP contribution in [0.25, 0.3) is 0 Å². The fraction of sp³-hybridized carbons (Fsp3) is 1.00. The second kappa shape index (κ2) is 3.91. The first-order valence-electron chi connectivity index (χ1n) is 4.51. The minimum atomic E-state index is -0.684. The van der Waals surface area contributed by atoms with Crippen LogP contribution in [0.1, 0.15) is 48.0 Å². The maximum absolute atomic E-state index is 11.6. The molecular weight excluding hydrogens is 168 g/mol. The molecule has 12 heavy (non-hydrogen) atoms. The molecule has 2 heteroatoms. The van der Waals surface area contributed by atoms with Gasteiger partial charge in [0.25, 0.3) is 0 Å². The summed E-state index contributed by atoms with van der Waals surface area (Å²) in [5.74, 6) is 0.826. The van der Waals surface area contributed by atoms with E-state index in [4.69, 9.17) is 0 Å². The summed E-state index contributed by atoms with van der Waals surface area (Å²) >= 11 is 0. The van der Waals surface area contributed by atoms with E-state index in [2.05, 4.69) is 20.8 Å². The molecule has 0 N–H and O–H groups in total. The van der Waals surface area contributed by atoms with Crippen LogP contribution in [0.4, 0.5) is 0 Å². The lowest BCUT2D eigenvalue weighted by atomic mass is 9.94. The van der Waals surface area contributed by atoms with Crippen molar-refractivity contribution in [2.75, 3.05) is 5.75 Å². The highest BCUT2D eigenvalue weighted by molar-refractivity contribution is 7.86. The highest BCUT2D eigenvalue weighted by atomic mass is 32.2. The topological polar surface area (TPSA) is 17.1 Å². The predicted molar refractivity (Wildman–Crippen MR) is 56.8 cm³/mol. The number of hydrogen-bond donors (Lipinski definition) is 0. The third-order valence-electron chi connectivity index (χ3n) is 1.72. The van der Waals surface area contributed by atoms with Gasteiger partial charge in [-0.3, -0.25) is 4.21 Å². The van der Waals surface area contributed by atoms with E-state index in [0.717, 1.165) is 12.2 Å². The normalized spacial score (nSPS) is 16.2. The molecular formula is C10H22OS. The Balaban J connectivity index is 3.90. The first-order valence-corrected chi connectivity index (χ1v) is 5.83. The van der Waals surface area contributed by atoms with Gasteiger partial charge >= 0.3 is 0 Å². The van der Waals surface area contributed by atoms with Gasteiger partial charge in [0.1, 0.15) is 0 Å². The van der Waals surface area contributed by atoms with Crippen molar-refractivity contribution < 1.29 is 4.21 Å². The third kappa shape index (κ3) is 5.76. The van der Waals surface area contributed by atoms with E-state index in [1.54, 1.807) is 0 Å². The van der Waals surface area contributed by atoms with Gasteiger partial charge in [-0.05, 0) is 32.6 Å². The molecule has 1 unspecified atom stereocenters. The molecule has 0 saturated heterocycles. The van der Waals surface area contributed by atoms with Crippen molar-refractivity contribution in [2.45, 2.75) is 52.7 Å². The smallest absolute Gasteiger partial charge is 0.0375 e. The molecule has 0 radical (unpaired) electrons. The molecule has 0 heterocycles. The summed E-state index contributed by atoms with van der Waals surface area (Å²) in [6, 6.07) is 0. The van der Waals surface area contributed by atoms with Gasteiger partial charge in [-0.25, -0.2) is 0 Å². The molecule has 0 aliphatic heterocycles. The Labute approximate surface area is 79.4 Å². The van der Waals surface area contributed by atoms with Gasteiger partial charge in [0, 0.05) is 21.3 Å². The lowest BCUT2D eigenvalue weighted by Gasteiger charge is -2.22. The molecule has 1 atom stereocenters. The van der Waals surface area contributed by atoms with Gasteiger partial charge in [-0.1, -0.05) is 20.8 Å². The Bertz CT molecular complexity index is 160. The van der Waals surface area contributed by atoms with E-state index in [9.17, 15) is 4.21 Å². The molecule has 0 aliphatic rings. The zero-order valence-corrected chi connectivity index (χ0v) is 10.0. The predicted octanol–water partition coefficient (Wildman–Crippen LogP) is 2.97. The van der Waals surface area contributed by atoms with Crippen LogP contribution >= 0.6 is 0 Å². The van der Waals surface area contributed by atoms with Crippen LogP contribution in [0.15, 0.2) is 0 Å². The van der Waals surface area contributed by atoms with E-state index in [-0.39, 0.29) is 4.75 Å². The van der Waals surface area contributed by atoms with Crippen molar-refractivity contribution in [1.82, 2.24) is 0 Å². The Kier molecular flexibility index (Phi) is 3.95. The van der Waals surface area contributed by atoms with Crippen molar-refractivity contribution in [2.24, 2.45) is 5.41 Å². The van der Waals surface area contributed by atoms with E-state index in [0.29, 0.717) is 5.41 Å². The summed E-state index contributed by atoms with van der Waals surface area (Å²) < 4.78 is 11.6. The van der Waals surface area contributed by atoms with Crippen LogP contribution in [-0.2, 0) is 10.8 Å². The van der Waals surface area contributed by atoms with Gasteiger partial charge < -0.3 is 0 Å². The van der Waals surface area contributed by atoms with Crippen molar-refractivity contribution in [3.05, 3.63) is 0 Å². The monoisotopic (exact) mass is 190 g/mol. The van der Waals surface area contributed by atoms with E-state index in [1.165, 1.54) is 0 Å². The quantitative estimate of drug-likeness (QED) is 0.654. The molecule has 0 aliphatic carbocycles. The van der Waals surface area contributed by atoms with Crippen LogP contribution in [0.5, 0.6) is 0 Å². The summed E-state index contributed by atoms with van der Waals surface area (Å²) in [6.45, 7) is 12.7. The fourth-order valence-corrected chi connectivity index (χ4v) is 2.12. The molecule has 0 amide bonds. The highest BCUT2D eigenvalue weighted by Crippen LogP contribution is 2.21. The number of rotatable bonds is 2. The second-order valence-corrected chi connectivity index (χ2v) is 7.80. The van der Waals surface area contributed by atoms with Gasteiger partial charge in [0.05, 0.1) is 0 Å². The van der Waals surface area contributed by atoms with Crippen LogP contribution in [0, 0.1) is 5.41 Å². The molecule has 0 aromatic carbocycles. The molecule has 0 spiro atoms. The zero-order chi connectivity index (χ0) is 9.99. The maximum Gasteiger partial charge on any atom is 0.0375 e. The molecule has 0 aromatic heterocycles. The molecule has 0 rings (SSSR count). The van der Waals surface area contributed by atoms with E-state index in [1.807, 2.05) is 20.8 Å². The SMILES string of the molecule is CC(C)(C)CCS(=O)C(C)(C)C. The van der Waals surface area contributed by atoms with Crippen molar-refractivity contribution in [3.63, 3.8) is 0 Å². The summed E-state index contributed by atoms with van der Waals surface area (Å²) in [5, 5.41) is 0. The van der Waals surface area contributed by atoms with Crippen molar-refractivity contribution >= 4 is 10.8 Å². The molecule has 74 valence electrons. The van der Waals surface area contributed by atoms with Gasteiger partial charge in [0.15, 0.2) is 0 Å². The van der Waals surface area contributed by atoms with Crippen molar-refractivity contribution in [1.29, 1.82) is 0 Å². The Morgan fingerprint density at radius 3 is 1.67 bits per heavy atom. The molecule has 1 nitrogen and oxygen atoms in total. The first kappa shape index (κ1) is 12.2. The first-order chi connectivity index (χ1) is 5.13. The standard InChI is InChI=1S/C10H22OS/c1-9(2,3)7-8-12(11)10(4,5)6/h7-8H2,1-6H3. The summed E-state index contributed by atoms with van der Waals surface area (Å²) in [7, 11) is -0.684. The molecule has 0 bridgehead atoms. The Morgan fingerprint density at radius 1 is 1.00 bits per heavy atom. The van der Waals surface area contributed by atoms with Gasteiger partial charge in [-0.15, -0.1) is 0 Å². The lowest BCUT2D eigenvalue weighted by Crippen LogP contribution is -2.25. The summed E-state index contributed by atoms with van der Waals surface area (Å²) in [4.78, 5) is 0. The van der Waals surface area contributed by atoms with Crippen molar-refractivity contribution in [3.8, 4) is 0 Å². The minimum Gasteiger partial charge on any atom is -0.259 e. The third-order valence-corrected chi connectivity index (χ3v) is 3.66. The van der Waals surface area contributed by atoms with Crippen LogP contribution in [0.3, 0.4) is 0 Å². The lowest BCUT2D eigenvalue weighted by molar-refractivity contribution is 0.399. The molecule has 0 aromatic rings. The largest absolute Gasteiger partial charge is 0.259 e. The van der Waals surface area contributed by atoms with Crippen LogP contribution in [-0.4, -0.2) is 14.7 Å². The van der Waals surface area contributed by atoms with E-state index < -0.39 is 10.8 Å². The summed E-state index contributed by atoms with van der Waals surface area (Å²) in [5.41, 5.74) is 0.306. The van der Waals surface area contributed by atoms with E-state index >= 15 is 0 Å². The minimum absolute atomic E-state index is 0.0503. The number of hydrogen-bond acceptors (Lipinski definition) is 1.